The van der Waals surface area contributed by atoms with Crippen LogP contribution in [0.3, 0.4) is 0 Å². The Bertz CT molecular complexity index is 970. The van der Waals surface area contributed by atoms with Crippen LogP contribution in [-0.2, 0) is 19.7 Å². The highest BCUT2D eigenvalue weighted by molar-refractivity contribution is 6.05. The van der Waals surface area contributed by atoms with Gasteiger partial charge in [-0.3, -0.25) is 14.0 Å². The Balaban J connectivity index is 1.78. The first-order chi connectivity index (χ1) is 15.3. The Kier molecular flexibility index (Phi) is 7.74. The van der Waals surface area contributed by atoms with Crippen LogP contribution in [0.1, 0.15) is 44.9 Å². The first-order valence-corrected chi connectivity index (χ1v) is 10.6. The lowest BCUT2D eigenvalue weighted by Gasteiger charge is -2.33. The van der Waals surface area contributed by atoms with Crippen molar-refractivity contribution in [3.8, 4) is 11.4 Å². The molecule has 0 bridgehead atoms. The number of unbranched alkanes of at least 4 members (excludes halogenated alkanes) is 2. The van der Waals surface area contributed by atoms with Crippen molar-refractivity contribution < 1.29 is 28.3 Å². The molecule has 0 radical (unpaired) electrons. The number of carboxylic acids is 1. The number of hydrogen-bond acceptors (Lipinski definition) is 6. The molecule has 1 aliphatic heterocycles. The molecule has 1 amide bonds. The summed E-state index contributed by atoms with van der Waals surface area (Å²) in [5.41, 5.74) is 1.19. The summed E-state index contributed by atoms with van der Waals surface area (Å²) in [5, 5.41) is 12.9. The number of nitrogens with zero attached hydrogens (tertiary/aromatic N) is 3. The van der Waals surface area contributed by atoms with Crippen molar-refractivity contribution in [1.29, 1.82) is 0 Å². The van der Waals surface area contributed by atoms with Gasteiger partial charge in [0.25, 0.3) is 5.91 Å². The van der Waals surface area contributed by atoms with E-state index >= 15 is 0 Å². The smallest absolute Gasteiger partial charge is 0.303 e. The van der Waals surface area contributed by atoms with Crippen molar-refractivity contribution in [2.45, 2.75) is 44.4 Å². The largest absolute Gasteiger partial charge is 0.481 e. The second kappa shape index (κ2) is 10.5. The number of aromatic nitrogens is 2. The minimum Gasteiger partial charge on any atom is -0.481 e. The van der Waals surface area contributed by atoms with Crippen molar-refractivity contribution >= 4 is 17.6 Å². The molecular weight excluding hydrogens is 417 g/mol. The van der Waals surface area contributed by atoms with Gasteiger partial charge in [-0.1, -0.05) is 30.3 Å². The van der Waals surface area contributed by atoms with Gasteiger partial charge in [-0.25, -0.2) is 0 Å². The molecule has 2 heterocycles. The number of hydrogen-bond donors (Lipinski definition) is 1. The van der Waals surface area contributed by atoms with E-state index in [0.717, 1.165) is 0 Å². The number of halogens is 1. The summed E-state index contributed by atoms with van der Waals surface area (Å²) < 4.78 is 23.5. The summed E-state index contributed by atoms with van der Waals surface area (Å²) in [6, 6.07) is 7.18. The molecule has 0 unspecified atom stereocenters. The van der Waals surface area contributed by atoms with Crippen molar-refractivity contribution in [2.24, 2.45) is 0 Å². The highest BCUT2D eigenvalue weighted by Gasteiger charge is 2.41. The number of ether oxygens (including phenoxy) is 1. The summed E-state index contributed by atoms with van der Waals surface area (Å²) >= 11 is 0. The lowest BCUT2D eigenvalue weighted by atomic mass is 9.89. The lowest BCUT2D eigenvalue weighted by molar-refractivity contribution is -0.137. The Morgan fingerprint density at radius 2 is 2.03 bits per heavy atom. The van der Waals surface area contributed by atoms with Crippen LogP contribution < -0.4 is 4.90 Å². The third-order valence-corrected chi connectivity index (χ3v) is 5.42. The summed E-state index contributed by atoms with van der Waals surface area (Å²) in [6.07, 6.45) is 1.83. The second-order valence-electron chi connectivity index (χ2n) is 8.23. The van der Waals surface area contributed by atoms with Crippen LogP contribution in [0.2, 0.25) is 0 Å². The first-order valence-electron chi connectivity index (χ1n) is 10.6. The molecule has 1 aromatic carbocycles. The van der Waals surface area contributed by atoms with E-state index in [1.807, 2.05) is 13.0 Å². The van der Waals surface area contributed by atoms with E-state index in [2.05, 4.69) is 16.7 Å². The summed E-state index contributed by atoms with van der Waals surface area (Å²) in [7, 11) is 0. The number of alkyl halides is 1. The Hall–Kier alpha value is -3.07. The predicted octanol–water partition coefficient (Wildman–Crippen LogP) is 3.92. The van der Waals surface area contributed by atoms with E-state index < -0.39 is 12.6 Å². The highest BCUT2D eigenvalue weighted by atomic mass is 19.1. The SMILES string of the molecule is C=C(CCF)C(=O)N(CCCCCC(=O)O)c1cccc(-c2noc(C3(C)COC3)n2)c1. The summed E-state index contributed by atoms with van der Waals surface area (Å²) in [4.78, 5) is 29.7. The first kappa shape index (κ1) is 23.6. The van der Waals surface area contributed by atoms with Gasteiger partial charge in [0, 0.05) is 36.2 Å². The van der Waals surface area contributed by atoms with Gasteiger partial charge in [0.2, 0.25) is 11.7 Å². The average molecular weight is 445 g/mol. The zero-order valence-electron chi connectivity index (χ0n) is 18.2. The molecule has 0 atom stereocenters. The van der Waals surface area contributed by atoms with Gasteiger partial charge in [-0.05, 0) is 31.9 Å². The maximum Gasteiger partial charge on any atom is 0.303 e. The van der Waals surface area contributed by atoms with Crippen LogP contribution in [0.15, 0.2) is 40.9 Å². The number of aliphatic carboxylic acids is 1. The highest BCUT2D eigenvalue weighted by Crippen LogP contribution is 2.32. The van der Waals surface area contributed by atoms with Gasteiger partial charge in [0.05, 0.1) is 25.3 Å². The molecule has 1 fully saturated rings. The number of carbonyl (C=O) groups is 2. The van der Waals surface area contributed by atoms with E-state index in [1.165, 1.54) is 0 Å². The van der Waals surface area contributed by atoms with Gasteiger partial charge < -0.3 is 19.3 Å². The molecule has 8 nitrogen and oxygen atoms in total. The fourth-order valence-electron chi connectivity index (χ4n) is 3.41. The van der Waals surface area contributed by atoms with Gasteiger partial charge in [-0.2, -0.15) is 4.98 Å². The molecule has 1 aliphatic rings. The zero-order valence-corrected chi connectivity index (χ0v) is 18.2. The predicted molar refractivity (Wildman–Crippen MR) is 116 cm³/mol. The molecule has 2 aromatic rings. The molecule has 172 valence electrons. The van der Waals surface area contributed by atoms with Crippen molar-refractivity contribution in [3.63, 3.8) is 0 Å². The van der Waals surface area contributed by atoms with E-state index in [4.69, 9.17) is 14.4 Å². The van der Waals surface area contributed by atoms with E-state index in [-0.39, 0.29) is 29.7 Å². The fraction of sp³-hybridized carbons (Fsp3) is 0.478. The number of carbonyl (C=O) groups excluding carboxylic acids is 1. The normalized spacial score (nSPS) is 14.6. The van der Waals surface area contributed by atoms with Crippen LogP contribution in [0, 0.1) is 0 Å². The quantitative estimate of drug-likeness (QED) is 0.390. The van der Waals surface area contributed by atoms with E-state index in [1.54, 1.807) is 23.1 Å². The number of benzene rings is 1. The number of rotatable bonds is 12. The van der Waals surface area contributed by atoms with E-state index in [9.17, 15) is 14.0 Å². The molecule has 1 N–H and O–H groups in total. The van der Waals surface area contributed by atoms with Crippen LogP contribution in [0.25, 0.3) is 11.4 Å². The van der Waals surface area contributed by atoms with Crippen LogP contribution in [0.5, 0.6) is 0 Å². The molecule has 9 heteroatoms. The number of carboxylic acid groups (broad SMARTS) is 1. The van der Waals surface area contributed by atoms with Crippen LogP contribution in [0.4, 0.5) is 10.1 Å². The Morgan fingerprint density at radius 3 is 2.69 bits per heavy atom. The number of anilines is 1. The van der Waals surface area contributed by atoms with Crippen molar-refractivity contribution in [3.05, 3.63) is 42.3 Å². The van der Waals surface area contributed by atoms with Crippen molar-refractivity contribution in [1.82, 2.24) is 10.1 Å². The molecular formula is C23H28FN3O5. The van der Waals surface area contributed by atoms with Crippen LogP contribution >= 0.6 is 0 Å². The molecule has 0 aliphatic carbocycles. The van der Waals surface area contributed by atoms with Gasteiger partial charge in [0.1, 0.15) is 0 Å². The van der Waals surface area contributed by atoms with Gasteiger partial charge >= 0.3 is 5.97 Å². The molecule has 32 heavy (non-hydrogen) atoms. The monoisotopic (exact) mass is 445 g/mol. The van der Waals surface area contributed by atoms with Gasteiger partial charge in [-0.15, -0.1) is 0 Å². The molecule has 1 saturated heterocycles. The third-order valence-electron chi connectivity index (χ3n) is 5.42. The molecule has 0 saturated carbocycles. The minimum absolute atomic E-state index is 0.0388. The summed E-state index contributed by atoms with van der Waals surface area (Å²) in [6.45, 7) is 6.46. The van der Waals surface area contributed by atoms with Crippen molar-refractivity contribution in [2.75, 3.05) is 31.3 Å². The molecule has 0 spiro atoms. The standard InChI is InChI=1S/C23H28FN3O5/c1-16(10-11-24)21(30)27(12-5-3-4-9-19(28)29)18-8-6-7-17(13-18)20-25-22(32-26-20)23(2)14-31-15-23/h6-8,13H,1,3-5,9-12,14-15H2,2H3,(H,28,29). The number of amides is 1. The fourth-order valence-corrected chi connectivity index (χ4v) is 3.41. The lowest BCUT2D eigenvalue weighted by Crippen LogP contribution is -2.44. The maximum absolute atomic E-state index is 12.9. The third kappa shape index (κ3) is 5.59. The Labute approximate surface area is 186 Å². The molecule has 3 rings (SSSR count). The topological polar surface area (TPSA) is 106 Å². The Morgan fingerprint density at radius 1 is 1.25 bits per heavy atom. The van der Waals surface area contributed by atoms with Crippen LogP contribution in [-0.4, -0.2) is 53.6 Å². The summed E-state index contributed by atoms with van der Waals surface area (Å²) in [5.74, 6) is -0.284. The minimum atomic E-state index is -0.844. The average Bonchev–Trinajstić information content (AvgIpc) is 3.25. The zero-order chi connectivity index (χ0) is 23.1. The molecule has 1 aromatic heterocycles. The second-order valence-corrected chi connectivity index (χ2v) is 8.23. The van der Waals surface area contributed by atoms with Gasteiger partial charge in [0.15, 0.2) is 0 Å². The maximum atomic E-state index is 12.9. The van der Waals surface area contributed by atoms with E-state index in [0.29, 0.717) is 62.0 Å².